The van der Waals surface area contributed by atoms with Crippen LogP contribution in [-0.2, 0) is 34.7 Å². The third-order valence-electron chi connectivity index (χ3n) is 6.18. The predicted molar refractivity (Wildman–Crippen MR) is 137 cm³/mol. The average molecular weight is 521 g/mol. The Bertz CT molecular complexity index is 1090. The van der Waals surface area contributed by atoms with Crippen molar-refractivity contribution in [2.24, 2.45) is 5.92 Å². The summed E-state index contributed by atoms with van der Waals surface area (Å²) in [4.78, 5) is 35.2. The number of rotatable bonds is 9. The highest BCUT2D eigenvalue weighted by Gasteiger charge is 2.45. The minimum absolute atomic E-state index is 0.00269. The predicted octanol–water partition coefficient (Wildman–Crippen LogP) is 6.04. The molecule has 0 aliphatic rings. The van der Waals surface area contributed by atoms with Crippen molar-refractivity contribution in [3.8, 4) is 0 Å². The van der Waals surface area contributed by atoms with Crippen LogP contribution in [0.3, 0.4) is 0 Å². The summed E-state index contributed by atoms with van der Waals surface area (Å²) in [6.45, 7) is 14.4. The van der Waals surface area contributed by atoms with Gasteiger partial charge in [-0.05, 0) is 74.2 Å². The van der Waals surface area contributed by atoms with Gasteiger partial charge in [0.05, 0.1) is 19.6 Å². The number of carboxylic acids is 1. The van der Waals surface area contributed by atoms with Crippen molar-refractivity contribution in [3.63, 3.8) is 0 Å². The monoisotopic (exact) mass is 520 g/mol. The van der Waals surface area contributed by atoms with E-state index in [1.165, 1.54) is 24.3 Å². The highest BCUT2D eigenvalue weighted by molar-refractivity contribution is 5.96. The largest absolute Gasteiger partial charge is 0.481 e. The van der Waals surface area contributed by atoms with Crippen LogP contribution in [0.4, 0.5) is 8.78 Å². The topological polar surface area (TPSA) is 89.9 Å². The van der Waals surface area contributed by atoms with E-state index in [9.17, 15) is 23.2 Å². The molecule has 0 atom stereocenters. The van der Waals surface area contributed by atoms with Crippen LogP contribution in [0, 0.1) is 31.4 Å². The maximum Gasteiger partial charge on any atom is 0.321 e. The van der Waals surface area contributed by atoms with E-state index in [1.807, 2.05) is 27.7 Å². The first-order chi connectivity index (χ1) is 17.1. The van der Waals surface area contributed by atoms with Crippen LogP contribution in [0.25, 0.3) is 0 Å². The van der Waals surface area contributed by atoms with Crippen molar-refractivity contribution >= 4 is 17.9 Å². The smallest absolute Gasteiger partial charge is 0.321 e. The third kappa shape index (κ3) is 8.65. The molecule has 0 saturated carbocycles. The lowest BCUT2D eigenvalue weighted by Crippen LogP contribution is -2.43. The van der Waals surface area contributed by atoms with Gasteiger partial charge in [-0.15, -0.1) is 0 Å². The molecule has 1 N–H and O–H groups in total. The average Bonchev–Trinajstić information content (AvgIpc) is 2.76. The van der Waals surface area contributed by atoms with Gasteiger partial charge < -0.3 is 14.6 Å². The molecule has 2 aromatic rings. The lowest BCUT2D eigenvalue weighted by molar-refractivity contribution is -0.164. The second kappa shape index (κ2) is 13.3. The van der Waals surface area contributed by atoms with Gasteiger partial charge in [0.25, 0.3) is 0 Å². The molecule has 0 aliphatic carbocycles. The molecule has 0 amide bonds. The van der Waals surface area contributed by atoms with E-state index in [0.29, 0.717) is 5.56 Å². The highest BCUT2D eigenvalue weighted by Crippen LogP contribution is 2.36. The molecule has 0 saturated heterocycles. The Hall–Kier alpha value is -3.29. The van der Waals surface area contributed by atoms with E-state index < -0.39 is 40.5 Å². The van der Waals surface area contributed by atoms with Crippen molar-refractivity contribution < 1.29 is 37.7 Å². The van der Waals surface area contributed by atoms with Crippen LogP contribution in [-0.4, -0.2) is 36.2 Å². The second-order valence-corrected chi connectivity index (χ2v) is 10.0. The number of aryl methyl sites for hydroxylation is 2. The Balaban J connectivity index is 0.000000397. The Morgan fingerprint density at radius 2 is 1.22 bits per heavy atom. The molecule has 0 bridgehead atoms. The first kappa shape index (κ1) is 31.7. The van der Waals surface area contributed by atoms with Crippen molar-refractivity contribution in [2.75, 3.05) is 13.2 Å². The molecule has 6 nitrogen and oxygen atoms in total. The Kier molecular flexibility index (Phi) is 11.4. The molecule has 0 aliphatic heterocycles. The van der Waals surface area contributed by atoms with Crippen LogP contribution in [0.1, 0.15) is 70.2 Å². The lowest BCUT2D eigenvalue weighted by Gasteiger charge is -2.32. The molecule has 37 heavy (non-hydrogen) atoms. The fraction of sp³-hybridized carbons (Fsp3) is 0.483. The van der Waals surface area contributed by atoms with Crippen molar-refractivity contribution in [2.45, 2.75) is 72.6 Å². The standard InChI is InChI=1S/C17H23FO4.C12H15FO2/c1-6-21-15(19)14(16(20)22-7-2)17(4,5)13-10-12(18)9-8-11(13)3;1-8-4-5-9(13)6-10(8)12(2,3)7-11(14)15/h8-10,14H,6-7H2,1-5H3;4-6H,7H2,1-3H3,(H,14,15). The van der Waals surface area contributed by atoms with Gasteiger partial charge in [-0.25, -0.2) is 8.78 Å². The van der Waals surface area contributed by atoms with E-state index in [4.69, 9.17) is 14.6 Å². The molecule has 0 radical (unpaired) electrons. The number of halogens is 2. The number of carboxylic acid groups (broad SMARTS) is 1. The Labute approximate surface area is 218 Å². The van der Waals surface area contributed by atoms with Crippen molar-refractivity contribution in [1.29, 1.82) is 0 Å². The number of carbonyl (C=O) groups is 3. The normalized spacial score (nSPS) is 11.4. The molecule has 2 rings (SSSR count). The van der Waals surface area contributed by atoms with E-state index in [0.717, 1.165) is 16.7 Å². The minimum Gasteiger partial charge on any atom is -0.481 e. The molecule has 0 unspecified atom stereocenters. The van der Waals surface area contributed by atoms with Gasteiger partial charge in [0, 0.05) is 10.8 Å². The van der Waals surface area contributed by atoms with Crippen LogP contribution in [0.15, 0.2) is 36.4 Å². The van der Waals surface area contributed by atoms with E-state index in [2.05, 4.69) is 0 Å². The number of esters is 2. The summed E-state index contributed by atoms with van der Waals surface area (Å²) in [7, 11) is 0. The van der Waals surface area contributed by atoms with Crippen molar-refractivity contribution in [3.05, 3.63) is 70.3 Å². The van der Waals surface area contributed by atoms with Crippen LogP contribution in [0.5, 0.6) is 0 Å². The number of carbonyl (C=O) groups excluding carboxylic acids is 2. The molecule has 0 heterocycles. The van der Waals surface area contributed by atoms with E-state index in [1.54, 1.807) is 39.8 Å². The van der Waals surface area contributed by atoms with Gasteiger partial charge in [-0.2, -0.15) is 0 Å². The quantitative estimate of drug-likeness (QED) is 0.320. The zero-order valence-corrected chi connectivity index (χ0v) is 22.9. The summed E-state index contributed by atoms with van der Waals surface area (Å²) in [5, 5.41) is 8.78. The minimum atomic E-state index is -1.15. The van der Waals surface area contributed by atoms with Crippen LogP contribution < -0.4 is 0 Å². The van der Waals surface area contributed by atoms with Crippen molar-refractivity contribution in [1.82, 2.24) is 0 Å². The molecule has 0 aromatic heterocycles. The first-order valence-electron chi connectivity index (χ1n) is 12.2. The third-order valence-corrected chi connectivity index (χ3v) is 6.18. The van der Waals surface area contributed by atoms with Gasteiger partial charge in [-0.1, -0.05) is 39.8 Å². The first-order valence-corrected chi connectivity index (χ1v) is 12.2. The fourth-order valence-corrected chi connectivity index (χ4v) is 4.38. The van der Waals surface area contributed by atoms with E-state index >= 15 is 0 Å². The number of hydrogen-bond acceptors (Lipinski definition) is 5. The van der Waals surface area contributed by atoms with Gasteiger partial charge in [0.15, 0.2) is 5.92 Å². The Morgan fingerprint density at radius 1 is 0.811 bits per heavy atom. The number of aliphatic carboxylic acids is 1. The second-order valence-electron chi connectivity index (χ2n) is 10.0. The highest BCUT2D eigenvalue weighted by atomic mass is 19.1. The summed E-state index contributed by atoms with van der Waals surface area (Å²) < 4.78 is 36.7. The summed E-state index contributed by atoms with van der Waals surface area (Å²) >= 11 is 0. The number of ether oxygens (including phenoxy) is 2. The molecule has 0 fully saturated rings. The zero-order valence-electron chi connectivity index (χ0n) is 22.9. The van der Waals surface area contributed by atoms with Gasteiger partial charge in [0.1, 0.15) is 11.6 Å². The lowest BCUT2D eigenvalue weighted by atomic mass is 9.71. The zero-order chi connectivity index (χ0) is 28.6. The summed E-state index contributed by atoms with van der Waals surface area (Å²) in [5.74, 6) is -4.07. The van der Waals surface area contributed by atoms with Gasteiger partial charge in [0.2, 0.25) is 0 Å². The summed E-state index contributed by atoms with van der Waals surface area (Å²) in [5.41, 5.74) is 1.55. The van der Waals surface area contributed by atoms with Gasteiger partial charge >= 0.3 is 17.9 Å². The molecule has 204 valence electrons. The maximum absolute atomic E-state index is 13.6. The van der Waals surface area contributed by atoms with Crippen LogP contribution >= 0.6 is 0 Å². The molecule has 2 aromatic carbocycles. The SMILES string of the molecule is CCOC(=O)C(C(=O)OCC)C(C)(C)c1cc(F)ccc1C.Cc1ccc(F)cc1C(C)(C)CC(=O)O. The fourth-order valence-electron chi connectivity index (χ4n) is 4.38. The summed E-state index contributed by atoms with van der Waals surface area (Å²) in [6.07, 6.45) is -0.00269. The molecular formula is C29H38F2O6. The van der Waals surface area contributed by atoms with E-state index in [-0.39, 0.29) is 25.5 Å². The maximum atomic E-state index is 13.6. The van der Waals surface area contributed by atoms with Gasteiger partial charge in [-0.3, -0.25) is 14.4 Å². The number of benzene rings is 2. The summed E-state index contributed by atoms with van der Waals surface area (Å²) in [6, 6.07) is 8.79. The Morgan fingerprint density at radius 3 is 1.62 bits per heavy atom. The molecular weight excluding hydrogens is 482 g/mol. The number of hydrogen-bond donors (Lipinski definition) is 1. The molecule has 0 spiro atoms. The van der Waals surface area contributed by atoms with Crippen LogP contribution in [0.2, 0.25) is 0 Å². The molecule has 8 heteroatoms.